The lowest BCUT2D eigenvalue weighted by molar-refractivity contribution is 0.402. The maximum atomic E-state index is 8.36. The average molecular weight is 143 g/mol. The van der Waals surface area contributed by atoms with E-state index < -0.39 is 7.12 Å². The van der Waals surface area contributed by atoms with Crippen LogP contribution in [0.1, 0.15) is 12.8 Å². The largest absolute Gasteiger partial charge is 0.451 e. The molecule has 0 aliphatic carbocycles. The smallest absolute Gasteiger partial charge is 0.427 e. The van der Waals surface area contributed by atoms with Crippen LogP contribution in [0.3, 0.4) is 0 Å². The molecule has 10 heavy (non-hydrogen) atoms. The second-order valence-electron chi connectivity index (χ2n) is 1.93. The molecule has 0 spiro atoms. The van der Waals surface area contributed by atoms with Gasteiger partial charge in [0.1, 0.15) is 0 Å². The van der Waals surface area contributed by atoms with Gasteiger partial charge in [0.2, 0.25) is 0 Å². The molecule has 0 rings (SSSR count). The van der Waals surface area contributed by atoms with Crippen LogP contribution in [0, 0.1) is 0 Å². The van der Waals surface area contributed by atoms with Crippen LogP contribution >= 0.6 is 0 Å². The van der Waals surface area contributed by atoms with Crippen LogP contribution in [-0.2, 0) is 0 Å². The highest BCUT2D eigenvalue weighted by molar-refractivity contribution is 6.40. The third-order valence-electron chi connectivity index (χ3n) is 1.03. The van der Waals surface area contributed by atoms with Gasteiger partial charge in [-0.3, -0.25) is 0 Å². The minimum Gasteiger partial charge on any atom is -0.427 e. The lowest BCUT2D eigenvalue weighted by atomic mass is 9.84. The molecule has 0 aliphatic heterocycles. The normalized spacial score (nSPS) is 8.60. The van der Waals surface area contributed by atoms with Gasteiger partial charge in [0.15, 0.2) is 0 Å². The fourth-order valence-corrected chi connectivity index (χ4v) is 0.554. The Labute approximate surface area is 59.4 Å². The van der Waals surface area contributed by atoms with Crippen LogP contribution < -0.4 is 0 Å². The monoisotopic (exact) mass is 143 g/mol. The van der Waals surface area contributed by atoms with Gasteiger partial charge in [0.05, 0.1) is 0 Å². The van der Waals surface area contributed by atoms with E-state index in [-0.39, 0.29) is 0 Å². The van der Waals surface area contributed by atoms with Gasteiger partial charge in [-0.1, -0.05) is 11.5 Å². The number of azide groups is 1. The van der Waals surface area contributed by atoms with Crippen LogP contribution in [0.25, 0.3) is 10.4 Å². The van der Waals surface area contributed by atoms with Gasteiger partial charge in [0.25, 0.3) is 0 Å². The highest BCUT2D eigenvalue weighted by atomic mass is 16.4. The molecular weight excluding hydrogens is 133 g/mol. The summed E-state index contributed by atoms with van der Waals surface area (Å²) < 4.78 is 0. The number of unbranched alkanes of at least 4 members (excludes halogenated alkanes) is 1. The molecule has 0 aromatic rings. The minimum atomic E-state index is -1.23. The number of rotatable bonds is 5. The fraction of sp³-hybridized carbons (Fsp3) is 1.00. The number of hydrogen-bond donors (Lipinski definition) is 2. The molecule has 0 bridgehead atoms. The summed E-state index contributed by atoms with van der Waals surface area (Å²) in [5.74, 6) is 0. The predicted molar refractivity (Wildman–Crippen MR) is 38.2 cm³/mol. The van der Waals surface area contributed by atoms with E-state index in [0.29, 0.717) is 25.7 Å². The highest BCUT2D eigenvalue weighted by Gasteiger charge is 2.03. The quantitative estimate of drug-likeness (QED) is 0.193. The van der Waals surface area contributed by atoms with Gasteiger partial charge in [-0.05, 0) is 18.3 Å². The van der Waals surface area contributed by atoms with Crippen molar-refractivity contribution in [2.75, 3.05) is 6.54 Å². The summed E-state index contributed by atoms with van der Waals surface area (Å²) in [6, 6.07) is 0. The Balaban J connectivity index is 2.98. The molecule has 0 saturated heterocycles. The zero-order valence-electron chi connectivity index (χ0n) is 5.64. The summed E-state index contributed by atoms with van der Waals surface area (Å²) >= 11 is 0. The Hall–Kier alpha value is -0.705. The van der Waals surface area contributed by atoms with Gasteiger partial charge in [-0.2, -0.15) is 0 Å². The van der Waals surface area contributed by atoms with Gasteiger partial charge in [0, 0.05) is 11.5 Å². The summed E-state index contributed by atoms with van der Waals surface area (Å²) in [6.45, 7) is 0.434. The molecule has 5 nitrogen and oxygen atoms in total. The van der Waals surface area contributed by atoms with Crippen molar-refractivity contribution in [1.82, 2.24) is 0 Å². The molecular formula is C4H10BN3O2. The Bertz CT molecular complexity index is 124. The first-order chi connectivity index (χ1) is 4.77. The Morgan fingerprint density at radius 3 is 2.60 bits per heavy atom. The molecule has 56 valence electrons. The summed E-state index contributed by atoms with van der Waals surface area (Å²) in [7, 11) is -1.23. The lowest BCUT2D eigenvalue weighted by Crippen LogP contribution is -2.09. The van der Waals surface area contributed by atoms with Crippen LogP contribution in [0.15, 0.2) is 5.11 Å². The van der Waals surface area contributed by atoms with Crippen LogP contribution in [0.5, 0.6) is 0 Å². The summed E-state index contributed by atoms with van der Waals surface area (Å²) in [6.07, 6.45) is 1.74. The molecule has 0 atom stereocenters. The molecule has 6 heteroatoms. The second kappa shape index (κ2) is 6.42. The van der Waals surface area contributed by atoms with Crippen LogP contribution in [0.2, 0.25) is 6.32 Å². The van der Waals surface area contributed by atoms with E-state index in [2.05, 4.69) is 10.0 Å². The van der Waals surface area contributed by atoms with Gasteiger partial charge >= 0.3 is 7.12 Å². The van der Waals surface area contributed by atoms with Crippen molar-refractivity contribution in [2.45, 2.75) is 19.2 Å². The SMILES string of the molecule is [N-]=[N+]=NCCCCB(O)O. The molecule has 0 aromatic heterocycles. The van der Waals surface area contributed by atoms with Crippen molar-refractivity contribution in [3.63, 3.8) is 0 Å². The zero-order chi connectivity index (χ0) is 7.82. The first-order valence-corrected chi connectivity index (χ1v) is 3.14. The van der Waals surface area contributed by atoms with Gasteiger partial charge in [-0.15, -0.1) is 0 Å². The molecule has 0 saturated carbocycles. The summed E-state index contributed by atoms with van der Waals surface area (Å²) in [4.78, 5) is 2.55. The van der Waals surface area contributed by atoms with E-state index in [1.54, 1.807) is 0 Å². The summed E-state index contributed by atoms with van der Waals surface area (Å²) in [5.41, 5.74) is 7.83. The first kappa shape index (κ1) is 9.29. The van der Waals surface area contributed by atoms with E-state index in [1.807, 2.05) is 0 Å². The molecule has 0 aliphatic rings. The van der Waals surface area contributed by atoms with Crippen molar-refractivity contribution >= 4 is 7.12 Å². The first-order valence-electron chi connectivity index (χ1n) is 3.14. The van der Waals surface area contributed by atoms with Crippen molar-refractivity contribution in [3.05, 3.63) is 10.4 Å². The van der Waals surface area contributed by atoms with Crippen molar-refractivity contribution < 1.29 is 10.0 Å². The predicted octanol–water partition coefficient (Wildman–Crippen LogP) is 0.550. The molecule has 0 unspecified atom stereocenters. The molecule has 0 aromatic carbocycles. The maximum absolute atomic E-state index is 8.36. The zero-order valence-corrected chi connectivity index (χ0v) is 5.64. The second-order valence-corrected chi connectivity index (χ2v) is 1.93. The third-order valence-corrected chi connectivity index (χ3v) is 1.03. The summed E-state index contributed by atoms with van der Waals surface area (Å²) in [5, 5.41) is 20.0. The average Bonchev–Trinajstić information content (AvgIpc) is 1.87. The van der Waals surface area contributed by atoms with Crippen molar-refractivity contribution in [2.24, 2.45) is 5.11 Å². The Kier molecular flexibility index (Phi) is 5.96. The van der Waals surface area contributed by atoms with E-state index in [1.165, 1.54) is 0 Å². The Morgan fingerprint density at radius 1 is 1.40 bits per heavy atom. The Morgan fingerprint density at radius 2 is 2.10 bits per heavy atom. The van der Waals surface area contributed by atoms with E-state index in [0.717, 1.165) is 0 Å². The maximum Gasteiger partial charge on any atom is 0.451 e. The van der Waals surface area contributed by atoms with Crippen LogP contribution in [0.4, 0.5) is 0 Å². The lowest BCUT2D eigenvalue weighted by Gasteiger charge is -1.94. The van der Waals surface area contributed by atoms with Crippen molar-refractivity contribution in [1.29, 1.82) is 0 Å². The standard InChI is InChI=1S/C4H10BN3O2/c6-8-7-4-2-1-3-5(9)10/h9-10H,1-4H2. The highest BCUT2D eigenvalue weighted by Crippen LogP contribution is 1.97. The van der Waals surface area contributed by atoms with Gasteiger partial charge < -0.3 is 10.0 Å². The third kappa shape index (κ3) is 7.29. The molecule has 0 fully saturated rings. The minimum absolute atomic E-state index is 0.348. The molecule has 0 amide bonds. The molecule has 0 radical (unpaired) electrons. The number of hydrogen-bond acceptors (Lipinski definition) is 3. The number of nitrogens with zero attached hydrogens (tertiary/aromatic N) is 3. The van der Waals surface area contributed by atoms with E-state index >= 15 is 0 Å². The molecule has 0 heterocycles. The van der Waals surface area contributed by atoms with E-state index in [9.17, 15) is 0 Å². The topological polar surface area (TPSA) is 89.2 Å². The van der Waals surface area contributed by atoms with Gasteiger partial charge in [-0.25, -0.2) is 0 Å². The molecule has 2 N–H and O–H groups in total. The fourth-order valence-electron chi connectivity index (χ4n) is 0.554. The van der Waals surface area contributed by atoms with Crippen molar-refractivity contribution in [3.8, 4) is 0 Å². The van der Waals surface area contributed by atoms with E-state index in [4.69, 9.17) is 15.6 Å². The van der Waals surface area contributed by atoms with Crippen LogP contribution in [-0.4, -0.2) is 23.7 Å².